The molecule has 1 saturated carbocycles. The highest BCUT2D eigenvalue weighted by Crippen LogP contribution is 2.18. The van der Waals surface area contributed by atoms with Crippen LogP contribution < -0.4 is 5.32 Å². The Labute approximate surface area is 106 Å². The van der Waals surface area contributed by atoms with Gasteiger partial charge in [0.15, 0.2) is 5.82 Å². The summed E-state index contributed by atoms with van der Waals surface area (Å²) in [6.45, 7) is 1.10. The first-order valence-electron chi connectivity index (χ1n) is 6.45. The Morgan fingerprint density at radius 1 is 1.39 bits per heavy atom. The maximum Gasteiger partial charge on any atom is 0.156 e. The normalized spacial score (nSPS) is 14.9. The molecule has 1 aliphatic rings. The van der Waals surface area contributed by atoms with Gasteiger partial charge in [-0.25, -0.2) is 14.6 Å². The Morgan fingerprint density at radius 3 is 3.11 bits per heavy atom. The van der Waals surface area contributed by atoms with Crippen molar-refractivity contribution < 1.29 is 0 Å². The topological polar surface area (TPSA) is 55.6 Å². The predicted molar refractivity (Wildman–Crippen MR) is 68.5 cm³/mol. The molecule has 0 aliphatic heterocycles. The van der Waals surface area contributed by atoms with Crippen molar-refractivity contribution in [2.45, 2.75) is 31.7 Å². The first kappa shape index (κ1) is 11.3. The Balaban J connectivity index is 1.52. The second-order valence-electron chi connectivity index (χ2n) is 4.69. The van der Waals surface area contributed by atoms with E-state index in [-0.39, 0.29) is 0 Å². The minimum absolute atomic E-state index is 0.800. The minimum Gasteiger partial charge on any atom is -0.314 e. The molecule has 1 fully saturated rings. The van der Waals surface area contributed by atoms with E-state index in [2.05, 4.69) is 20.4 Å². The predicted octanol–water partition coefficient (Wildman–Crippen LogP) is 1.35. The van der Waals surface area contributed by atoms with Crippen LogP contribution in [-0.2, 0) is 6.42 Å². The molecule has 0 spiro atoms. The van der Waals surface area contributed by atoms with Gasteiger partial charge in [0, 0.05) is 24.5 Å². The molecule has 2 aromatic heterocycles. The van der Waals surface area contributed by atoms with E-state index in [1.165, 1.54) is 24.7 Å². The molecule has 2 heterocycles. The molecule has 0 radical (unpaired) electrons. The van der Waals surface area contributed by atoms with E-state index in [0.29, 0.717) is 0 Å². The molecule has 18 heavy (non-hydrogen) atoms. The second-order valence-corrected chi connectivity index (χ2v) is 4.69. The third-order valence-electron chi connectivity index (χ3n) is 3.09. The smallest absolute Gasteiger partial charge is 0.156 e. The van der Waals surface area contributed by atoms with Crippen LogP contribution in [0.15, 0.2) is 31.0 Å². The van der Waals surface area contributed by atoms with Crippen LogP contribution in [0.2, 0.25) is 0 Å². The van der Waals surface area contributed by atoms with Crippen LogP contribution >= 0.6 is 0 Å². The number of aryl methyl sites for hydroxylation is 1. The van der Waals surface area contributed by atoms with E-state index in [1.54, 1.807) is 10.9 Å². The zero-order valence-corrected chi connectivity index (χ0v) is 10.3. The van der Waals surface area contributed by atoms with Crippen LogP contribution in [0, 0.1) is 0 Å². The molecule has 1 aliphatic carbocycles. The van der Waals surface area contributed by atoms with Gasteiger partial charge in [0.2, 0.25) is 0 Å². The van der Waals surface area contributed by atoms with E-state index in [1.807, 2.05) is 18.5 Å². The monoisotopic (exact) mass is 243 g/mol. The summed E-state index contributed by atoms with van der Waals surface area (Å²) in [5.74, 6) is 0.812. The zero-order valence-electron chi connectivity index (χ0n) is 10.3. The highest BCUT2D eigenvalue weighted by molar-refractivity contribution is 5.20. The molecule has 0 amide bonds. The second kappa shape index (κ2) is 5.27. The molecule has 0 atom stereocenters. The van der Waals surface area contributed by atoms with E-state index in [0.717, 1.165) is 31.2 Å². The lowest BCUT2D eigenvalue weighted by Gasteiger charge is -2.00. The highest BCUT2D eigenvalue weighted by atomic mass is 15.3. The lowest BCUT2D eigenvalue weighted by molar-refractivity contribution is 0.645. The Bertz CT molecular complexity index is 489. The summed E-state index contributed by atoms with van der Waals surface area (Å²) in [5, 5.41) is 7.84. The molecule has 1 N–H and O–H groups in total. The number of hydrogen-bond acceptors (Lipinski definition) is 4. The van der Waals surface area contributed by atoms with Gasteiger partial charge in [0.1, 0.15) is 6.33 Å². The third-order valence-corrected chi connectivity index (χ3v) is 3.09. The van der Waals surface area contributed by atoms with Gasteiger partial charge in [0.05, 0.1) is 6.20 Å². The summed E-state index contributed by atoms with van der Waals surface area (Å²) < 4.78 is 1.80. The standard InChI is InChI=1S/C13H17N5/c1(6-15-12-3-4-12)2-11-8-17-18(9-11)13-5-7-14-10-16-13/h5,7-10,12,15H,1-4,6H2. The quantitative estimate of drug-likeness (QED) is 0.778. The summed E-state index contributed by atoms with van der Waals surface area (Å²) >= 11 is 0. The summed E-state index contributed by atoms with van der Waals surface area (Å²) in [7, 11) is 0. The first-order chi connectivity index (χ1) is 8.92. The van der Waals surface area contributed by atoms with E-state index >= 15 is 0 Å². The summed E-state index contributed by atoms with van der Waals surface area (Å²) in [5.41, 5.74) is 1.26. The molecule has 2 aromatic rings. The van der Waals surface area contributed by atoms with Crippen molar-refractivity contribution in [2.75, 3.05) is 6.54 Å². The highest BCUT2D eigenvalue weighted by Gasteiger charge is 2.19. The van der Waals surface area contributed by atoms with E-state index in [4.69, 9.17) is 0 Å². The molecular weight excluding hydrogens is 226 g/mol. The number of aromatic nitrogens is 4. The molecule has 0 saturated heterocycles. The number of hydrogen-bond donors (Lipinski definition) is 1. The van der Waals surface area contributed by atoms with Gasteiger partial charge in [-0.1, -0.05) is 0 Å². The maximum atomic E-state index is 4.32. The first-order valence-corrected chi connectivity index (χ1v) is 6.45. The fourth-order valence-electron chi connectivity index (χ4n) is 1.92. The lowest BCUT2D eigenvalue weighted by atomic mass is 10.2. The van der Waals surface area contributed by atoms with Crippen LogP contribution in [0.4, 0.5) is 0 Å². The molecule has 0 unspecified atom stereocenters. The fraction of sp³-hybridized carbons (Fsp3) is 0.462. The molecule has 0 aromatic carbocycles. The van der Waals surface area contributed by atoms with Crippen molar-refractivity contribution in [3.05, 3.63) is 36.5 Å². The van der Waals surface area contributed by atoms with Gasteiger partial charge in [-0.2, -0.15) is 5.10 Å². The molecule has 5 heteroatoms. The minimum atomic E-state index is 0.800. The van der Waals surface area contributed by atoms with Crippen molar-refractivity contribution >= 4 is 0 Å². The molecule has 3 rings (SSSR count). The van der Waals surface area contributed by atoms with E-state index in [9.17, 15) is 0 Å². The lowest BCUT2D eigenvalue weighted by Crippen LogP contribution is -2.17. The average molecular weight is 243 g/mol. The Morgan fingerprint density at radius 2 is 2.33 bits per heavy atom. The number of nitrogens with one attached hydrogen (secondary N) is 1. The van der Waals surface area contributed by atoms with Crippen LogP contribution in [0.3, 0.4) is 0 Å². The number of rotatable bonds is 6. The van der Waals surface area contributed by atoms with Crippen molar-refractivity contribution in [2.24, 2.45) is 0 Å². The summed E-state index contributed by atoms with van der Waals surface area (Å²) in [6, 6.07) is 2.65. The molecule has 94 valence electrons. The van der Waals surface area contributed by atoms with Crippen LogP contribution in [0.1, 0.15) is 24.8 Å². The fourth-order valence-corrected chi connectivity index (χ4v) is 1.92. The van der Waals surface area contributed by atoms with Gasteiger partial charge >= 0.3 is 0 Å². The van der Waals surface area contributed by atoms with Gasteiger partial charge in [-0.05, 0) is 37.8 Å². The SMILES string of the molecule is c1cc(-n2cc(CCCNC3CC3)cn2)ncn1. The molecule has 5 nitrogen and oxygen atoms in total. The van der Waals surface area contributed by atoms with Crippen molar-refractivity contribution in [1.82, 2.24) is 25.1 Å². The van der Waals surface area contributed by atoms with Crippen molar-refractivity contribution in [3.8, 4) is 5.82 Å². The third kappa shape index (κ3) is 2.92. The van der Waals surface area contributed by atoms with Gasteiger partial charge < -0.3 is 5.32 Å². The van der Waals surface area contributed by atoms with Crippen molar-refractivity contribution in [1.29, 1.82) is 0 Å². The van der Waals surface area contributed by atoms with Crippen molar-refractivity contribution in [3.63, 3.8) is 0 Å². The summed E-state index contributed by atoms with van der Waals surface area (Å²) in [6.07, 6.45) is 12.1. The molecule has 0 bridgehead atoms. The van der Waals surface area contributed by atoms with Gasteiger partial charge in [-0.3, -0.25) is 0 Å². The zero-order chi connectivity index (χ0) is 12.2. The van der Waals surface area contributed by atoms with Gasteiger partial charge in [0.25, 0.3) is 0 Å². The maximum absolute atomic E-state index is 4.32. The van der Waals surface area contributed by atoms with Crippen LogP contribution in [-0.4, -0.2) is 32.3 Å². The summed E-state index contributed by atoms with van der Waals surface area (Å²) in [4.78, 5) is 8.07. The molecular formula is C13H17N5. The largest absolute Gasteiger partial charge is 0.314 e. The van der Waals surface area contributed by atoms with Gasteiger partial charge in [-0.15, -0.1) is 0 Å². The van der Waals surface area contributed by atoms with E-state index < -0.39 is 0 Å². The van der Waals surface area contributed by atoms with Crippen LogP contribution in [0.5, 0.6) is 0 Å². The number of nitrogens with zero attached hydrogens (tertiary/aromatic N) is 4. The van der Waals surface area contributed by atoms with Crippen LogP contribution in [0.25, 0.3) is 5.82 Å². The average Bonchev–Trinajstić information content (AvgIpc) is 3.12. The Kier molecular flexibility index (Phi) is 3.32. The Hall–Kier alpha value is -1.75.